The van der Waals surface area contributed by atoms with E-state index in [9.17, 15) is 24.0 Å². The molecule has 0 spiro atoms. The lowest BCUT2D eigenvalue weighted by atomic mass is 9.76. The molecule has 216 valence electrons. The molecule has 0 aromatic heterocycles. The minimum Gasteiger partial charge on any atom is -0.497 e. The van der Waals surface area contributed by atoms with E-state index in [0.29, 0.717) is 18.6 Å². The van der Waals surface area contributed by atoms with E-state index in [2.05, 4.69) is 0 Å². The Morgan fingerprint density at radius 1 is 0.881 bits per heavy atom. The maximum absolute atomic E-state index is 13.7. The SMILES string of the molecule is COc1cccc(C(=O)Oc2ccc(C(=O)CN(C(=O)c3ccccc3Cl)N3C(=O)[C@@H]4CC[C@H](C)C[C@H]4C3=O)cc2)c1. The number of amides is 3. The number of hydrazine groups is 1. The van der Waals surface area contributed by atoms with Gasteiger partial charge >= 0.3 is 5.97 Å². The van der Waals surface area contributed by atoms with Gasteiger partial charge in [-0.2, -0.15) is 5.01 Å². The Morgan fingerprint density at radius 3 is 2.31 bits per heavy atom. The number of methoxy groups -OCH3 is 1. The van der Waals surface area contributed by atoms with Crippen LogP contribution in [0, 0.1) is 17.8 Å². The summed E-state index contributed by atoms with van der Waals surface area (Å²) in [5, 5.41) is 1.89. The molecule has 0 unspecified atom stereocenters. The summed E-state index contributed by atoms with van der Waals surface area (Å²) >= 11 is 6.29. The number of ketones is 1. The number of rotatable bonds is 8. The Kier molecular flexibility index (Phi) is 8.40. The second-order valence-electron chi connectivity index (χ2n) is 10.5. The van der Waals surface area contributed by atoms with Crippen molar-refractivity contribution in [1.82, 2.24) is 10.0 Å². The summed E-state index contributed by atoms with van der Waals surface area (Å²) in [6.45, 7) is 1.46. The first kappa shape index (κ1) is 29.0. The zero-order valence-corrected chi connectivity index (χ0v) is 23.9. The van der Waals surface area contributed by atoms with Gasteiger partial charge in [-0.1, -0.05) is 36.7 Å². The van der Waals surface area contributed by atoms with Crippen LogP contribution >= 0.6 is 11.6 Å². The van der Waals surface area contributed by atoms with Crippen molar-refractivity contribution in [3.63, 3.8) is 0 Å². The van der Waals surface area contributed by atoms with Crippen LogP contribution in [0.25, 0.3) is 0 Å². The first-order valence-corrected chi connectivity index (χ1v) is 14.0. The minimum absolute atomic E-state index is 0.0654. The van der Waals surface area contributed by atoms with E-state index in [1.165, 1.54) is 43.5 Å². The number of imide groups is 1. The van der Waals surface area contributed by atoms with E-state index in [1.807, 2.05) is 6.92 Å². The molecule has 2 aliphatic rings. The maximum Gasteiger partial charge on any atom is 0.343 e. The van der Waals surface area contributed by atoms with Crippen LogP contribution in [0.15, 0.2) is 72.8 Å². The smallest absolute Gasteiger partial charge is 0.343 e. The van der Waals surface area contributed by atoms with Crippen molar-refractivity contribution < 1.29 is 33.4 Å². The molecule has 3 aromatic rings. The number of hydrogen-bond donors (Lipinski definition) is 0. The standard InChI is InChI=1S/C32H29ClN2O7/c1-19-10-15-24-26(16-19)31(39)35(30(24)38)34(29(37)25-8-3-4-9-27(25)33)18-28(36)20-11-13-22(14-12-20)42-32(40)21-6-5-7-23(17-21)41-2/h3-9,11-14,17,19,24,26H,10,15-16,18H2,1-2H3/t19-,24+,26+/m0/s1. The molecule has 0 N–H and O–H groups in total. The fourth-order valence-electron chi connectivity index (χ4n) is 5.47. The van der Waals surface area contributed by atoms with Gasteiger partial charge < -0.3 is 9.47 Å². The van der Waals surface area contributed by atoms with Crippen LogP contribution in [0.1, 0.15) is 57.3 Å². The van der Waals surface area contributed by atoms with E-state index in [-0.39, 0.29) is 33.4 Å². The van der Waals surface area contributed by atoms with Gasteiger partial charge in [-0.3, -0.25) is 19.2 Å². The van der Waals surface area contributed by atoms with Crippen LogP contribution < -0.4 is 9.47 Å². The predicted molar refractivity (Wildman–Crippen MR) is 153 cm³/mol. The first-order valence-electron chi connectivity index (χ1n) is 13.6. The molecular formula is C32H29ClN2O7. The normalized spacial score (nSPS) is 19.7. The highest BCUT2D eigenvalue weighted by molar-refractivity contribution is 6.34. The molecule has 1 saturated carbocycles. The molecule has 1 saturated heterocycles. The molecule has 9 nitrogen and oxygen atoms in total. The second-order valence-corrected chi connectivity index (χ2v) is 10.9. The average Bonchev–Trinajstić information content (AvgIpc) is 3.24. The van der Waals surface area contributed by atoms with Gasteiger partial charge in [0.05, 0.1) is 35.1 Å². The summed E-state index contributed by atoms with van der Waals surface area (Å²) in [5.74, 6) is -2.90. The monoisotopic (exact) mass is 588 g/mol. The number of carbonyl (C=O) groups excluding carboxylic acids is 5. The largest absolute Gasteiger partial charge is 0.497 e. The third kappa shape index (κ3) is 5.78. The van der Waals surface area contributed by atoms with Crippen molar-refractivity contribution in [2.45, 2.75) is 26.2 Å². The van der Waals surface area contributed by atoms with Gasteiger partial charge in [-0.05, 0) is 79.8 Å². The third-order valence-electron chi connectivity index (χ3n) is 7.73. The lowest BCUT2D eigenvalue weighted by molar-refractivity contribution is -0.154. The summed E-state index contributed by atoms with van der Waals surface area (Å²) in [7, 11) is 1.49. The quantitative estimate of drug-likeness (QED) is 0.153. The minimum atomic E-state index is -0.730. The topological polar surface area (TPSA) is 110 Å². The summed E-state index contributed by atoms with van der Waals surface area (Å²) < 4.78 is 10.6. The Bertz CT molecular complexity index is 1550. The molecular weight excluding hydrogens is 560 g/mol. The zero-order chi connectivity index (χ0) is 30.0. The molecule has 2 fully saturated rings. The molecule has 1 aliphatic heterocycles. The Hall–Kier alpha value is -4.50. The molecule has 42 heavy (non-hydrogen) atoms. The number of carbonyl (C=O) groups is 5. The average molecular weight is 589 g/mol. The molecule has 3 atom stereocenters. The molecule has 0 radical (unpaired) electrons. The third-order valence-corrected chi connectivity index (χ3v) is 8.06. The fourth-order valence-corrected chi connectivity index (χ4v) is 5.69. The number of esters is 1. The van der Waals surface area contributed by atoms with E-state index < -0.39 is 47.9 Å². The van der Waals surface area contributed by atoms with Crippen LogP contribution in [0.4, 0.5) is 0 Å². The summed E-state index contributed by atoms with van der Waals surface area (Å²) in [6.07, 6.45) is 1.90. The molecule has 0 bridgehead atoms. The predicted octanol–water partition coefficient (Wildman–Crippen LogP) is 5.23. The van der Waals surface area contributed by atoms with Gasteiger partial charge in [0.25, 0.3) is 17.7 Å². The van der Waals surface area contributed by atoms with Gasteiger partial charge in [0.2, 0.25) is 0 Å². The van der Waals surface area contributed by atoms with Crippen molar-refractivity contribution >= 4 is 41.1 Å². The lowest BCUT2D eigenvalue weighted by Gasteiger charge is -2.30. The Morgan fingerprint density at radius 2 is 1.60 bits per heavy atom. The van der Waals surface area contributed by atoms with Crippen LogP contribution in [0.3, 0.4) is 0 Å². The van der Waals surface area contributed by atoms with E-state index in [0.717, 1.165) is 16.4 Å². The van der Waals surface area contributed by atoms with Crippen molar-refractivity contribution in [3.05, 3.63) is 94.5 Å². The lowest BCUT2D eigenvalue weighted by Crippen LogP contribution is -2.52. The van der Waals surface area contributed by atoms with Gasteiger partial charge in [-0.25, -0.2) is 9.80 Å². The molecule has 3 aromatic carbocycles. The highest BCUT2D eigenvalue weighted by Crippen LogP contribution is 2.41. The van der Waals surface area contributed by atoms with Crippen molar-refractivity contribution in [1.29, 1.82) is 0 Å². The van der Waals surface area contributed by atoms with Gasteiger partial charge in [0.15, 0.2) is 5.78 Å². The van der Waals surface area contributed by atoms with Gasteiger partial charge in [0.1, 0.15) is 18.0 Å². The Balaban J connectivity index is 1.37. The highest BCUT2D eigenvalue weighted by atomic mass is 35.5. The zero-order valence-electron chi connectivity index (χ0n) is 23.1. The van der Waals surface area contributed by atoms with Crippen molar-refractivity contribution in [3.8, 4) is 11.5 Å². The highest BCUT2D eigenvalue weighted by Gasteiger charge is 2.53. The summed E-state index contributed by atoms with van der Waals surface area (Å²) in [5.41, 5.74) is 0.548. The number of benzene rings is 3. The van der Waals surface area contributed by atoms with Crippen LogP contribution in [-0.2, 0) is 9.59 Å². The number of halogens is 1. The van der Waals surface area contributed by atoms with E-state index in [1.54, 1.807) is 36.4 Å². The van der Waals surface area contributed by atoms with E-state index in [4.69, 9.17) is 21.1 Å². The summed E-state index contributed by atoms with van der Waals surface area (Å²) in [6, 6.07) is 18.6. The number of ether oxygens (including phenoxy) is 2. The second kappa shape index (κ2) is 12.2. The number of fused-ring (bicyclic) bond motifs is 1. The molecule has 1 aliphatic carbocycles. The Labute approximate surface area is 247 Å². The number of hydrogen-bond acceptors (Lipinski definition) is 7. The van der Waals surface area contributed by atoms with Crippen molar-refractivity contribution in [2.24, 2.45) is 17.8 Å². The van der Waals surface area contributed by atoms with Gasteiger partial charge in [0, 0.05) is 5.56 Å². The molecule has 5 rings (SSSR count). The maximum atomic E-state index is 13.7. The molecule has 3 amide bonds. The molecule has 1 heterocycles. The van der Waals surface area contributed by atoms with Crippen molar-refractivity contribution in [2.75, 3.05) is 13.7 Å². The van der Waals surface area contributed by atoms with Crippen LogP contribution in [0.5, 0.6) is 11.5 Å². The summed E-state index contributed by atoms with van der Waals surface area (Å²) in [4.78, 5) is 66.6. The number of nitrogens with zero attached hydrogens (tertiary/aromatic N) is 2. The van der Waals surface area contributed by atoms with Crippen LogP contribution in [0.2, 0.25) is 5.02 Å². The van der Waals surface area contributed by atoms with E-state index >= 15 is 0 Å². The van der Waals surface area contributed by atoms with Gasteiger partial charge in [-0.15, -0.1) is 0 Å². The first-order chi connectivity index (χ1) is 20.2. The van der Waals surface area contributed by atoms with Crippen LogP contribution in [-0.4, -0.2) is 53.1 Å². The number of Topliss-reactive ketones (excluding diaryl/α,β-unsaturated/α-hetero) is 1. The molecule has 10 heteroatoms. The fraction of sp³-hybridized carbons (Fsp3) is 0.281.